The number of ether oxygens (including phenoxy) is 4. The Morgan fingerprint density at radius 1 is 1.07 bits per heavy atom. The van der Waals surface area contributed by atoms with Crippen molar-refractivity contribution in [2.75, 3.05) is 41.5 Å². The number of methoxy groups -OCH3 is 2. The standard InChI is InChI=1S/C49H80N4O8/c1-33(2)25-46(45(58-12)20-19-35(4)26-36(5)27-39(8)37(6)16-13-15-34(3)21-23-50)61-48-29-41(54)28-42(60-48)18-14-17-40-31-59-49(52-40)38(7)22-24-51-47(56)30-44(55)43(32-57-11)53(9)10/h13-17,21,27,31,33,35-36,38,41-46,48,54-55H,18-20,22,24-26,28-30,32H2,1-12H3,(H,51,56)/b15-13+,17-14+,34-21+,37-16+,39-27+/t35?,36?,38?,41?,42-,43?,44?,45?,46?,48?/m0/s1. The molecule has 1 fully saturated rings. The van der Waals surface area contributed by atoms with E-state index in [1.807, 2.05) is 57.1 Å². The van der Waals surface area contributed by atoms with Crippen LogP contribution in [0.25, 0.3) is 6.08 Å². The number of aliphatic hydroxyl groups is 2. The number of rotatable bonds is 28. The van der Waals surface area contributed by atoms with Crippen LogP contribution in [0.15, 0.2) is 63.9 Å². The fraction of sp³-hybridized carbons (Fsp3) is 0.694. The highest BCUT2D eigenvalue weighted by Crippen LogP contribution is 2.30. The normalized spacial score (nSPS) is 21.8. The molecule has 1 aromatic rings. The number of aromatic nitrogens is 1. The molecule has 2 rings (SSSR count). The first-order valence-corrected chi connectivity index (χ1v) is 22.3. The van der Waals surface area contributed by atoms with Crippen LogP contribution in [0.1, 0.15) is 131 Å². The molecule has 9 unspecified atom stereocenters. The van der Waals surface area contributed by atoms with Gasteiger partial charge in [0.2, 0.25) is 5.91 Å². The van der Waals surface area contributed by atoms with Crippen LogP contribution in [0, 0.1) is 29.1 Å². The summed E-state index contributed by atoms with van der Waals surface area (Å²) in [5.74, 6) is 1.67. The third-order valence-corrected chi connectivity index (χ3v) is 11.4. The van der Waals surface area contributed by atoms with Gasteiger partial charge in [-0.25, -0.2) is 4.98 Å². The van der Waals surface area contributed by atoms with Gasteiger partial charge in [-0.15, -0.1) is 0 Å². The molecular formula is C49H80N4O8. The fourth-order valence-electron chi connectivity index (χ4n) is 7.72. The van der Waals surface area contributed by atoms with E-state index in [9.17, 15) is 15.0 Å². The number of nitriles is 1. The Labute approximate surface area is 368 Å². The molecule has 10 atom stereocenters. The summed E-state index contributed by atoms with van der Waals surface area (Å²) < 4.78 is 30.1. The van der Waals surface area contributed by atoms with Crippen molar-refractivity contribution in [1.82, 2.24) is 15.2 Å². The zero-order chi connectivity index (χ0) is 45.5. The number of nitrogens with zero attached hydrogens (tertiary/aromatic N) is 3. The lowest BCUT2D eigenvalue weighted by atomic mass is 9.89. The molecule has 0 aromatic carbocycles. The highest BCUT2D eigenvalue weighted by atomic mass is 16.7. The lowest BCUT2D eigenvalue weighted by Crippen LogP contribution is -2.44. The zero-order valence-electron chi connectivity index (χ0n) is 39.4. The van der Waals surface area contributed by atoms with Crippen LogP contribution >= 0.6 is 0 Å². The van der Waals surface area contributed by atoms with Crippen LogP contribution in [-0.2, 0) is 23.7 Å². The Kier molecular flexibility index (Phi) is 25.6. The van der Waals surface area contributed by atoms with Gasteiger partial charge in [0.15, 0.2) is 12.2 Å². The van der Waals surface area contributed by atoms with E-state index in [0.29, 0.717) is 68.2 Å². The molecule has 12 nitrogen and oxygen atoms in total. The molecule has 0 saturated carbocycles. The van der Waals surface area contributed by atoms with E-state index in [4.69, 9.17) is 28.6 Å². The molecule has 12 heteroatoms. The number of carbonyl (C=O) groups is 1. The first-order valence-electron chi connectivity index (χ1n) is 22.3. The predicted molar refractivity (Wildman–Crippen MR) is 243 cm³/mol. The Morgan fingerprint density at radius 2 is 1.80 bits per heavy atom. The molecule has 1 saturated heterocycles. The van der Waals surface area contributed by atoms with Gasteiger partial charge in [0.1, 0.15) is 12.0 Å². The molecule has 0 aliphatic carbocycles. The summed E-state index contributed by atoms with van der Waals surface area (Å²) in [5, 5.41) is 33.1. The van der Waals surface area contributed by atoms with Gasteiger partial charge in [0.25, 0.3) is 0 Å². The maximum Gasteiger partial charge on any atom is 0.222 e. The number of nitrogens with one attached hydrogen (secondary N) is 1. The number of oxazole rings is 1. The zero-order valence-corrected chi connectivity index (χ0v) is 39.4. The van der Waals surface area contributed by atoms with Crippen LogP contribution in [-0.4, -0.2) is 110 Å². The number of hydrogen-bond donors (Lipinski definition) is 3. The van der Waals surface area contributed by atoms with Crippen LogP contribution in [0.2, 0.25) is 0 Å². The van der Waals surface area contributed by atoms with Crippen LogP contribution < -0.4 is 5.32 Å². The molecule has 1 amide bonds. The first kappa shape index (κ1) is 53.7. The van der Waals surface area contributed by atoms with Gasteiger partial charge in [0, 0.05) is 45.6 Å². The van der Waals surface area contributed by atoms with E-state index < -0.39 is 18.5 Å². The lowest BCUT2D eigenvalue weighted by molar-refractivity contribution is -0.249. The molecule has 3 N–H and O–H groups in total. The first-order chi connectivity index (χ1) is 28.9. The number of amides is 1. The van der Waals surface area contributed by atoms with Crippen molar-refractivity contribution in [2.45, 2.75) is 162 Å². The van der Waals surface area contributed by atoms with Crippen molar-refractivity contribution < 1.29 is 38.4 Å². The summed E-state index contributed by atoms with van der Waals surface area (Å²) in [5.41, 5.74) is 4.09. The molecule has 1 aliphatic rings. The maximum absolute atomic E-state index is 12.5. The summed E-state index contributed by atoms with van der Waals surface area (Å²) in [6.07, 6.45) is 19.0. The van der Waals surface area contributed by atoms with Gasteiger partial charge in [-0.2, -0.15) is 5.26 Å². The van der Waals surface area contributed by atoms with E-state index in [2.05, 4.69) is 70.1 Å². The van der Waals surface area contributed by atoms with E-state index in [1.165, 1.54) is 17.2 Å². The number of hydrogen-bond acceptors (Lipinski definition) is 11. The van der Waals surface area contributed by atoms with E-state index >= 15 is 0 Å². The van der Waals surface area contributed by atoms with Crippen molar-refractivity contribution >= 4 is 12.0 Å². The highest BCUT2D eigenvalue weighted by Gasteiger charge is 2.33. The Hall–Kier alpha value is -3.41. The minimum absolute atomic E-state index is 0.00300. The molecule has 61 heavy (non-hydrogen) atoms. The molecule has 2 heterocycles. The largest absolute Gasteiger partial charge is 0.448 e. The average molecular weight is 853 g/mol. The predicted octanol–water partition coefficient (Wildman–Crippen LogP) is 8.69. The molecule has 0 radical (unpaired) electrons. The summed E-state index contributed by atoms with van der Waals surface area (Å²) in [6, 6.07) is 1.79. The second kappa shape index (κ2) is 29.0. The third-order valence-electron chi connectivity index (χ3n) is 11.4. The van der Waals surface area contributed by atoms with Gasteiger partial charge in [-0.05, 0) is 108 Å². The summed E-state index contributed by atoms with van der Waals surface area (Å²) in [7, 11) is 7.04. The Bertz CT molecular complexity index is 1610. The maximum atomic E-state index is 12.5. The van der Waals surface area contributed by atoms with Crippen molar-refractivity contribution in [3.8, 4) is 6.07 Å². The third kappa shape index (κ3) is 21.5. The fourth-order valence-corrected chi connectivity index (χ4v) is 7.72. The van der Waals surface area contributed by atoms with E-state index in [1.54, 1.807) is 20.5 Å². The number of carbonyl (C=O) groups excluding carboxylic acids is 1. The monoisotopic (exact) mass is 853 g/mol. The van der Waals surface area contributed by atoms with Gasteiger partial charge >= 0.3 is 0 Å². The van der Waals surface area contributed by atoms with Crippen molar-refractivity contribution in [3.63, 3.8) is 0 Å². The summed E-state index contributed by atoms with van der Waals surface area (Å²) in [4.78, 5) is 19.0. The molecule has 1 aliphatic heterocycles. The summed E-state index contributed by atoms with van der Waals surface area (Å²) >= 11 is 0. The quantitative estimate of drug-likeness (QED) is 0.0547. The lowest BCUT2D eigenvalue weighted by Gasteiger charge is -2.37. The number of likely N-dealkylation sites (N-methyl/N-ethyl adjacent to an activating group) is 1. The second-order valence-electron chi connectivity index (χ2n) is 17.9. The van der Waals surface area contributed by atoms with Crippen LogP contribution in [0.5, 0.6) is 0 Å². The van der Waals surface area contributed by atoms with Crippen LogP contribution in [0.3, 0.4) is 0 Å². The van der Waals surface area contributed by atoms with Crippen molar-refractivity contribution in [3.05, 3.63) is 71.0 Å². The second-order valence-corrected chi connectivity index (χ2v) is 17.9. The number of aliphatic hydroxyl groups excluding tert-OH is 2. The Morgan fingerprint density at radius 3 is 2.46 bits per heavy atom. The highest BCUT2D eigenvalue weighted by molar-refractivity contribution is 5.76. The molecular weight excluding hydrogens is 773 g/mol. The molecule has 344 valence electrons. The molecule has 1 aromatic heterocycles. The number of allylic oxidation sites excluding steroid dienone is 8. The minimum atomic E-state index is -0.834. The SMILES string of the molecule is COCC(C(O)CC(=O)NCCC(C)c1nc(/C=C/C[C@H]2CC(O)CC(OC(CC(C)C)C(CCC(C)CC(C)/C=C(C)/C(C)=C/C=C/C(C)=C/C#N)OC)O2)co1)N(C)C. The molecule has 0 spiro atoms. The van der Waals surface area contributed by atoms with Gasteiger partial charge in [-0.1, -0.05) is 70.6 Å². The smallest absolute Gasteiger partial charge is 0.222 e. The van der Waals surface area contributed by atoms with Gasteiger partial charge in [0.05, 0.1) is 55.7 Å². The minimum Gasteiger partial charge on any atom is -0.448 e. The molecule has 0 bridgehead atoms. The van der Waals surface area contributed by atoms with Crippen molar-refractivity contribution in [2.24, 2.45) is 17.8 Å². The van der Waals surface area contributed by atoms with Crippen molar-refractivity contribution in [1.29, 1.82) is 5.26 Å². The van der Waals surface area contributed by atoms with Crippen LogP contribution in [0.4, 0.5) is 0 Å². The topological polar surface area (TPSA) is 160 Å². The average Bonchev–Trinajstić information content (AvgIpc) is 3.65. The Balaban J connectivity index is 1.90. The summed E-state index contributed by atoms with van der Waals surface area (Å²) in [6.45, 7) is 17.9. The van der Waals surface area contributed by atoms with Gasteiger partial charge in [-0.3, -0.25) is 4.79 Å². The van der Waals surface area contributed by atoms with E-state index in [0.717, 1.165) is 31.3 Å². The van der Waals surface area contributed by atoms with Gasteiger partial charge < -0.3 is 43.8 Å². The van der Waals surface area contributed by atoms with E-state index in [-0.39, 0.29) is 42.6 Å².